The zero-order valence-corrected chi connectivity index (χ0v) is 12.3. The van der Waals surface area contributed by atoms with Crippen molar-refractivity contribution in [2.45, 2.75) is 32.4 Å². The summed E-state index contributed by atoms with van der Waals surface area (Å²) in [5.74, 6) is 1.01. The van der Waals surface area contributed by atoms with Gasteiger partial charge in [0.1, 0.15) is 16.4 Å². The highest BCUT2D eigenvalue weighted by atomic mass is 32.1. The molecule has 1 N–H and O–H groups in total. The van der Waals surface area contributed by atoms with Gasteiger partial charge in [-0.05, 0) is 32.5 Å². The monoisotopic (exact) mass is 274 g/mol. The van der Waals surface area contributed by atoms with Crippen LogP contribution in [-0.4, -0.2) is 17.6 Å². The summed E-state index contributed by atoms with van der Waals surface area (Å²) in [6.45, 7) is 5.12. The third-order valence-electron chi connectivity index (χ3n) is 3.23. The molecular formula is C15H18N2OS. The number of para-hydroxylation sites is 1. The molecular weight excluding hydrogens is 256 g/mol. The van der Waals surface area contributed by atoms with Crippen LogP contribution in [0.5, 0.6) is 5.75 Å². The summed E-state index contributed by atoms with van der Waals surface area (Å²) in [6.07, 6.45) is 2.90. The fourth-order valence-electron chi connectivity index (χ4n) is 2.47. The van der Waals surface area contributed by atoms with Gasteiger partial charge in [-0.1, -0.05) is 12.1 Å². The van der Waals surface area contributed by atoms with Crippen molar-refractivity contribution in [3.8, 4) is 16.3 Å². The first-order valence-corrected chi connectivity index (χ1v) is 7.31. The lowest BCUT2D eigenvalue weighted by atomic mass is 10.0. The Morgan fingerprint density at radius 3 is 3.05 bits per heavy atom. The Bertz CT molecular complexity index is 604. The molecule has 0 bridgehead atoms. The van der Waals surface area contributed by atoms with Gasteiger partial charge in [-0.2, -0.15) is 0 Å². The average molecular weight is 274 g/mol. The number of hydrogen-bond acceptors (Lipinski definition) is 4. The maximum absolute atomic E-state index is 6.10. The maximum Gasteiger partial charge on any atom is 0.133 e. The van der Waals surface area contributed by atoms with Crippen LogP contribution in [0.1, 0.15) is 24.3 Å². The van der Waals surface area contributed by atoms with Crippen LogP contribution in [0.25, 0.3) is 10.6 Å². The van der Waals surface area contributed by atoms with E-state index >= 15 is 0 Å². The van der Waals surface area contributed by atoms with Crippen molar-refractivity contribution in [2.75, 3.05) is 7.05 Å². The topological polar surface area (TPSA) is 34.2 Å². The van der Waals surface area contributed by atoms with Crippen LogP contribution >= 0.6 is 11.3 Å². The van der Waals surface area contributed by atoms with Crippen molar-refractivity contribution in [3.63, 3.8) is 0 Å². The van der Waals surface area contributed by atoms with Gasteiger partial charge in [0, 0.05) is 24.0 Å². The number of thiazole rings is 1. The normalized spacial score (nSPS) is 16.2. The largest absolute Gasteiger partial charge is 0.486 e. The molecule has 4 heteroatoms. The highest BCUT2D eigenvalue weighted by molar-refractivity contribution is 7.15. The molecule has 3 rings (SSSR count). The van der Waals surface area contributed by atoms with Gasteiger partial charge < -0.3 is 10.1 Å². The summed E-state index contributed by atoms with van der Waals surface area (Å²) in [7, 11) is 1.95. The van der Waals surface area contributed by atoms with Crippen LogP contribution in [0.3, 0.4) is 0 Å². The zero-order valence-electron chi connectivity index (χ0n) is 11.5. The van der Waals surface area contributed by atoms with Crippen molar-refractivity contribution in [1.82, 2.24) is 10.3 Å². The second-order valence-electron chi connectivity index (χ2n) is 5.49. The summed E-state index contributed by atoms with van der Waals surface area (Å²) in [6, 6.07) is 6.34. The molecule has 0 aliphatic carbocycles. The number of hydrogen-bond donors (Lipinski definition) is 1. The van der Waals surface area contributed by atoms with Gasteiger partial charge in [0.05, 0.1) is 5.56 Å². The molecule has 2 heterocycles. The number of ether oxygens (including phenoxy) is 1. The second-order valence-corrected chi connectivity index (χ2v) is 6.61. The van der Waals surface area contributed by atoms with E-state index in [9.17, 15) is 0 Å². The van der Waals surface area contributed by atoms with Crippen molar-refractivity contribution < 1.29 is 4.74 Å². The molecule has 1 aromatic carbocycles. The van der Waals surface area contributed by atoms with E-state index in [0.717, 1.165) is 29.3 Å². The van der Waals surface area contributed by atoms with Gasteiger partial charge in [0.2, 0.25) is 0 Å². The van der Waals surface area contributed by atoms with Gasteiger partial charge in [0.25, 0.3) is 0 Å². The molecule has 1 aliphatic heterocycles. The number of nitrogens with one attached hydrogen (secondary N) is 1. The minimum absolute atomic E-state index is 0.108. The number of fused-ring (bicyclic) bond motifs is 1. The van der Waals surface area contributed by atoms with E-state index in [1.807, 2.05) is 13.2 Å². The Hall–Kier alpha value is -1.39. The molecule has 0 atom stereocenters. The fraction of sp³-hybridized carbons (Fsp3) is 0.400. The van der Waals surface area contributed by atoms with Crippen LogP contribution in [0.4, 0.5) is 0 Å². The van der Waals surface area contributed by atoms with Gasteiger partial charge in [0.15, 0.2) is 0 Å². The quantitative estimate of drug-likeness (QED) is 0.933. The van der Waals surface area contributed by atoms with Gasteiger partial charge in [-0.15, -0.1) is 11.3 Å². The van der Waals surface area contributed by atoms with Gasteiger partial charge >= 0.3 is 0 Å². The molecule has 0 saturated carbocycles. The lowest BCUT2D eigenvalue weighted by Gasteiger charge is -2.17. The number of aromatic nitrogens is 1. The van der Waals surface area contributed by atoms with Crippen LogP contribution in [0.15, 0.2) is 24.4 Å². The molecule has 0 radical (unpaired) electrons. The van der Waals surface area contributed by atoms with Crippen molar-refractivity contribution in [1.29, 1.82) is 0 Å². The SMILES string of the molecule is CNCc1cnc(-c2cccc3c2OC(C)(C)C3)s1. The van der Waals surface area contributed by atoms with E-state index in [-0.39, 0.29) is 5.60 Å². The Balaban J connectivity index is 2.00. The van der Waals surface area contributed by atoms with E-state index in [1.165, 1.54) is 10.4 Å². The highest BCUT2D eigenvalue weighted by Gasteiger charge is 2.32. The average Bonchev–Trinajstić information content (AvgIpc) is 2.91. The summed E-state index contributed by atoms with van der Waals surface area (Å²) in [4.78, 5) is 5.77. The standard InChI is InChI=1S/C15H18N2OS/c1-15(2)7-10-5-4-6-12(13(10)18-15)14-17-9-11(19-14)8-16-3/h4-6,9,16H,7-8H2,1-3H3. The molecule has 0 saturated heterocycles. The zero-order chi connectivity index (χ0) is 13.5. The smallest absolute Gasteiger partial charge is 0.133 e. The second kappa shape index (κ2) is 4.62. The fourth-order valence-corrected chi connectivity index (χ4v) is 3.42. The highest BCUT2D eigenvalue weighted by Crippen LogP contribution is 2.43. The van der Waals surface area contributed by atoms with Crippen LogP contribution < -0.4 is 10.1 Å². The molecule has 0 unspecified atom stereocenters. The Labute approximate surface area is 117 Å². The molecule has 2 aromatic rings. The van der Waals surface area contributed by atoms with E-state index in [1.54, 1.807) is 11.3 Å². The maximum atomic E-state index is 6.10. The van der Waals surface area contributed by atoms with E-state index < -0.39 is 0 Å². The summed E-state index contributed by atoms with van der Waals surface area (Å²) >= 11 is 1.72. The number of rotatable bonds is 3. The molecule has 1 aliphatic rings. The third-order valence-corrected chi connectivity index (χ3v) is 4.26. The minimum atomic E-state index is -0.108. The van der Waals surface area contributed by atoms with Crippen molar-refractivity contribution in [2.24, 2.45) is 0 Å². The molecule has 0 spiro atoms. The molecule has 1 aromatic heterocycles. The Kier molecular flexibility index (Phi) is 3.07. The minimum Gasteiger partial charge on any atom is -0.486 e. The van der Waals surface area contributed by atoms with Crippen LogP contribution in [0.2, 0.25) is 0 Å². The van der Waals surface area contributed by atoms with Crippen LogP contribution in [-0.2, 0) is 13.0 Å². The first-order valence-electron chi connectivity index (χ1n) is 6.50. The number of nitrogens with zero attached hydrogens (tertiary/aromatic N) is 1. The molecule has 19 heavy (non-hydrogen) atoms. The summed E-state index contributed by atoms with van der Waals surface area (Å²) < 4.78 is 6.10. The predicted molar refractivity (Wildman–Crippen MR) is 78.7 cm³/mol. The predicted octanol–water partition coefficient (Wildman–Crippen LogP) is 3.24. The van der Waals surface area contributed by atoms with Crippen molar-refractivity contribution in [3.05, 3.63) is 34.8 Å². The first-order chi connectivity index (χ1) is 9.09. The molecule has 100 valence electrons. The van der Waals surface area contributed by atoms with E-state index in [0.29, 0.717) is 0 Å². The Morgan fingerprint density at radius 2 is 2.26 bits per heavy atom. The number of benzene rings is 1. The van der Waals surface area contributed by atoms with E-state index in [2.05, 4.69) is 42.3 Å². The lowest BCUT2D eigenvalue weighted by Crippen LogP contribution is -2.24. The van der Waals surface area contributed by atoms with Gasteiger partial charge in [-0.3, -0.25) is 0 Å². The molecule has 0 amide bonds. The molecule has 3 nitrogen and oxygen atoms in total. The summed E-state index contributed by atoms with van der Waals surface area (Å²) in [5, 5.41) is 4.19. The third kappa shape index (κ3) is 2.38. The van der Waals surface area contributed by atoms with Crippen molar-refractivity contribution >= 4 is 11.3 Å². The Morgan fingerprint density at radius 1 is 1.42 bits per heavy atom. The first kappa shape index (κ1) is 12.6. The van der Waals surface area contributed by atoms with Crippen LogP contribution in [0, 0.1) is 0 Å². The lowest BCUT2D eigenvalue weighted by molar-refractivity contribution is 0.139. The summed E-state index contributed by atoms with van der Waals surface area (Å²) in [5.41, 5.74) is 2.30. The molecule has 0 fully saturated rings. The van der Waals surface area contributed by atoms with E-state index in [4.69, 9.17) is 4.74 Å². The van der Waals surface area contributed by atoms with Gasteiger partial charge in [-0.25, -0.2) is 4.98 Å².